The first kappa shape index (κ1) is 14.8. The highest BCUT2D eigenvalue weighted by Crippen LogP contribution is 2.40. The fraction of sp³-hybridized carbons (Fsp3) is 0.263. The van der Waals surface area contributed by atoms with Crippen LogP contribution in [-0.2, 0) is 0 Å². The molecule has 0 radical (unpaired) electrons. The van der Waals surface area contributed by atoms with Crippen LogP contribution in [0.25, 0.3) is 0 Å². The Morgan fingerprint density at radius 2 is 1.25 bits per heavy atom. The van der Waals surface area contributed by atoms with E-state index in [4.69, 9.17) is 0 Å². The zero-order valence-corrected chi connectivity index (χ0v) is 13.7. The number of hydrogen-bond donors (Lipinski definition) is 0. The minimum atomic E-state index is -1.54. The van der Waals surface area contributed by atoms with E-state index in [1.54, 1.807) is 0 Å². The minimum absolute atomic E-state index is 0.512. The van der Waals surface area contributed by atoms with Crippen molar-refractivity contribution in [3.63, 3.8) is 0 Å². The lowest BCUT2D eigenvalue weighted by Crippen LogP contribution is -2.39. The molecule has 104 valence electrons. The molecule has 0 fully saturated rings. The van der Waals surface area contributed by atoms with Crippen LogP contribution in [-0.4, -0.2) is 8.07 Å². The van der Waals surface area contributed by atoms with Gasteiger partial charge in [-0.3, -0.25) is 0 Å². The van der Waals surface area contributed by atoms with E-state index in [1.807, 2.05) is 0 Å². The quantitative estimate of drug-likeness (QED) is 0.491. The maximum Gasteiger partial charge on any atom is 0.0668 e. The molecule has 0 aliphatic rings. The van der Waals surface area contributed by atoms with E-state index in [9.17, 15) is 0 Å². The first-order valence-electron chi connectivity index (χ1n) is 7.29. The summed E-state index contributed by atoms with van der Waals surface area (Å²) in [4.78, 5) is 0. The highest BCUT2D eigenvalue weighted by molar-refractivity contribution is 6.81. The molecule has 0 heterocycles. The van der Waals surface area contributed by atoms with Crippen molar-refractivity contribution in [1.82, 2.24) is 0 Å². The average Bonchev–Trinajstić information content (AvgIpc) is 2.48. The van der Waals surface area contributed by atoms with E-state index in [2.05, 4.69) is 93.3 Å². The molecule has 1 heteroatoms. The van der Waals surface area contributed by atoms with Gasteiger partial charge in [-0.1, -0.05) is 86.8 Å². The van der Waals surface area contributed by atoms with E-state index >= 15 is 0 Å². The van der Waals surface area contributed by atoms with Gasteiger partial charge in [0.2, 0.25) is 0 Å². The van der Waals surface area contributed by atoms with Gasteiger partial charge in [0.1, 0.15) is 0 Å². The maximum absolute atomic E-state index is 4.03. The first-order chi connectivity index (χ1) is 9.57. The molecular weight excluding hydrogens is 256 g/mol. The SMILES string of the molecule is C=CC(C)[Si](C)(C)C(c1ccccc1)c1ccccc1. The summed E-state index contributed by atoms with van der Waals surface area (Å²) in [6.07, 6.45) is 2.13. The van der Waals surface area contributed by atoms with Crippen molar-refractivity contribution in [3.8, 4) is 0 Å². The van der Waals surface area contributed by atoms with Gasteiger partial charge in [0.05, 0.1) is 8.07 Å². The van der Waals surface area contributed by atoms with Gasteiger partial charge in [-0.25, -0.2) is 0 Å². The summed E-state index contributed by atoms with van der Waals surface area (Å²) in [5.74, 6) is 0. The van der Waals surface area contributed by atoms with Crippen LogP contribution in [0.2, 0.25) is 18.6 Å². The minimum Gasteiger partial charge on any atom is -0.103 e. The largest absolute Gasteiger partial charge is 0.103 e. The molecule has 0 bridgehead atoms. The van der Waals surface area contributed by atoms with Crippen molar-refractivity contribution in [3.05, 3.63) is 84.4 Å². The zero-order valence-electron chi connectivity index (χ0n) is 12.7. The van der Waals surface area contributed by atoms with Gasteiger partial charge in [-0.05, 0) is 16.7 Å². The van der Waals surface area contributed by atoms with Gasteiger partial charge < -0.3 is 0 Å². The number of hydrogen-bond acceptors (Lipinski definition) is 0. The van der Waals surface area contributed by atoms with E-state index in [0.29, 0.717) is 11.1 Å². The van der Waals surface area contributed by atoms with Crippen LogP contribution in [0.1, 0.15) is 23.6 Å². The lowest BCUT2D eigenvalue weighted by atomic mass is 10.0. The van der Waals surface area contributed by atoms with Gasteiger partial charge >= 0.3 is 0 Å². The Balaban J connectivity index is 2.54. The average molecular weight is 280 g/mol. The van der Waals surface area contributed by atoms with E-state index in [1.165, 1.54) is 11.1 Å². The lowest BCUT2D eigenvalue weighted by Gasteiger charge is -2.37. The fourth-order valence-electron chi connectivity index (χ4n) is 2.91. The smallest absolute Gasteiger partial charge is 0.0668 e. The normalized spacial score (nSPS) is 13.2. The molecule has 0 aliphatic carbocycles. The van der Waals surface area contributed by atoms with Crippen LogP contribution in [0.5, 0.6) is 0 Å². The Bertz CT molecular complexity index is 503. The van der Waals surface area contributed by atoms with Crippen molar-refractivity contribution < 1.29 is 0 Å². The molecular formula is C19H24Si. The summed E-state index contributed by atoms with van der Waals surface area (Å²) in [7, 11) is -1.54. The number of rotatable bonds is 5. The fourth-order valence-corrected chi connectivity index (χ4v) is 6.15. The molecule has 2 aromatic rings. The van der Waals surface area contributed by atoms with E-state index in [0.717, 1.165) is 0 Å². The van der Waals surface area contributed by atoms with Crippen LogP contribution < -0.4 is 0 Å². The zero-order chi connectivity index (χ0) is 14.6. The lowest BCUT2D eigenvalue weighted by molar-refractivity contribution is 0.991. The third-order valence-electron chi connectivity index (χ3n) is 4.54. The third-order valence-corrected chi connectivity index (χ3v) is 9.27. The van der Waals surface area contributed by atoms with Gasteiger partial charge in [0.25, 0.3) is 0 Å². The maximum atomic E-state index is 4.03. The molecule has 0 spiro atoms. The summed E-state index contributed by atoms with van der Waals surface area (Å²) in [6.45, 7) is 11.3. The summed E-state index contributed by atoms with van der Waals surface area (Å²) in [6, 6.07) is 21.8. The Morgan fingerprint density at radius 3 is 1.60 bits per heavy atom. The van der Waals surface area contributed by atoms with E-state index < -0.39 is 8.07 Å². The summed E-state index contributed by atoms with van der Waals surface area (Å²) in [5, 5.41) is 0. The summed E-state index contributed by atoms with van der Waals surface area (Å²) in [5.41, 5.74) is 3.96. The Hall–Kier alpha value is -1.60. The van der Waals surface area contributed by atoms with Crippen LogP contribution in [0.3, 0.4) is 0 Å². The van der Waals surface area contributed by atoms with Gasteiger partial charge in [0.15, 0.2) is 0 Å². The topological polar surface area (TPSA) is 0 Å². The van der Waals surface area contributed by atoms with Crippen LogP contribution >= 0.6 is 0 Å². The molecule has 0 N–H and O–H groups in total. The molecule has 1 unspecified atom stereocenters. The molecule has 0 aliphatic heterocycles. The second kappa shape index (κ2) is 6.23. The Labute approximate surface area is 124 Å². The predicted molar refractivity (Wildman–Crippen MR) is 91.8 cm³/mol. The molecule has 2 aromatic carbocycles. The van der Waals surface area contributed by atoms with Gasteiger partial charge in [-0.2, -0.15) is 0 Å². The first-order valence-corrected chi connectivity index (χ1v) is 10.4. The summed E-state index contributed by atoms with van der Waals surface area (Å²) >= 11 is 0. The van der Waals surface area contributed by atoms with Crippen molar-refractivity contribution in [2.75, 3.05) is 0 Å². The molecule has 0 nitrogen and oxygen atoms in total. The highest BCUT2D eigenvalue weighted by Gasteiger charge is 2.37. The number of allylic oxidation sites excluding steroid dienone is 1. The highest BCUT2D eigenvalue weighted by atomic mass is 28.3. The predicted octanol–water partition coefficient (Wildman–Crippen LogP) is 5.64. The van der Waals surface area contributed by atoms with Crippen molar-refractivity contribution in [2.45, 2.75) is 31.1 Å². The third kappa shape index (κ3) is 2.93. The Kier molecular flexibility index (Phi) is 4.61. The van der Waals surface area contributed by atoms with Crippen LogP contribution in [0, 0.1) is 0 Å². The van der Waals surface area contributed by atoms with Crippen molar-refractivity contribution in [2.24, 2.45) is 0 Å². The van der Waals surface area contributed by atoms with E-state index in [-0.39, 0.29) is 0 Å². The van der Waals surface area contributed by atoms with Crippen molar-refractivity contribution in [1.29, 1.82) is 0 Å². The molecule has 20 heavy (non-hydrogen) atoms. The Morgan fingerprint density at radius 1 is 0.850 bits per heavy atom. The standard InChI is InChI=1S/C19H24Si/c1-5-16(2)20(3,4)19(17-12-8-6-9-13-17)18-14-10-7-11-15-18/h5-16,19H,1H2,2-4H3. The second-order valence-corrected chi connectivity index (χ2v) is 11.2. The molecule has 2 rings (SSSR count). The van der Waals surface area contributed by atoms with Crippen LogP contribution in [0.4, 0.5) is 0 Å². The molecule has 1 atom stereocenters. The molecule has 0 saturated heterocycles. The van der Waals surface area contributed by atoms with Gasteiger partial charge in [0, 0.05) is 5.54 Å². The molecule has 0 amide bonds. The van der Waals surface area contributed by atoms with Crippen LogP contribution in [0.15, 0.2) is 73.3 Å². The second-order valence-electron chi connectivity index (χ2n) is 6.10. The molecule has 0 saturated carbocycles. The van der Waals surface area contributed by atoms with Gasteiger partial charge in [-0.15, -0.1) is 6.58 Å². The summed E-state index contributed by atoms with van der Waals surface area (Å²) < 4.78 is 0. The monoisotopic (exact) mass is 280 g/mol. The van der Waals surface area contributed by atoms with Crippen molar-refractivity contribution >= 4 is 8.07 Å². The number of benzene rings is 2. The molecule has 0 aromatic heterocycles.